The number of hydrogen-bond acceptors (Lipinski definition) is 3. The molecule has 0 spiro atoms. The highest BCUT2D eigenvalue weighted by Crippen LogP contribution is 2.12. The summed E-state index contributed by atoms with van der Waals surface area (Å²) < 4.78 is 10.6. The van der Waals surface area contributed by atoms with E-state index < -0.39 is 0 Å². The van der Waals surface area contributed by atoms with Crippen LogP contribution in [0.1, 0.15) is 25.7 Å². The Balaban J connectivity index is 2.03. The molecule has 1 aliphatic rings. The molecular formula is C10H17NO2. The Bertz CT molecular complexity index is 170. The number of hydrogen-bond donors (Lipinski definition) is 1. The molecule has 0 radical (unpaired) electrons. The van der Waals surface area contributed by atoms with Gasteiger partial charge in [-0.25, -0.2) is 0 Å². The van der Waals surface area contributed by atoms with Gasteiger partial charge < -0.3 is 15.2 Å². The van der Waals surface area contributed by atoms with E-state index in [-0.39, 0.29) is 12.3 Å². The number of unbranched alkanes of at least 4 members (excludes halogenated alkanes) is 1. The molecule has 0 amide bonds. The molecule has 1 fully saturated rings. The van der Waals surface area contributed by atoms with Gasteiger partial charge in [-0.2, -0.15) is 0 Å². The van der Waals surface area contributed by atoms with Crippen molar-refractivity contribution in [3.63, 3.8) is 0 Å². The monoisotopic (exact) mass is 183 g/mol. The number of nitrogens with two attached hydrogens (primary N) is 1. The maximum absolute atomic E-state index is 5.87. The highest BCUT2D eigenvalue weighted by molar-refractivity contribution is 4.83. The van der Waals surface area contributed by atoms with Crippen LogP contribution >= 0.6 is 0 Å². The highest BCUT2D eigenvalue weighted by atomic mass is 16.7. The predicted molar refractivity (Wildman–Crippen MR) is 51.0 cm³/mol. The van der Waals surface area contributed by atoms with Gasteiger partial charge >= 0.3 is 0 Å². The van der Waals surface area contributed by atoms with E-state index in [9.17, 15) is 0 Å². The van der Waals surface area contributed by atoms with Crippen LogP contribution < -0.4 is 5.73 Å². The molecule has 0 aromatic heterocycles. The van der Waals surface area contributed by atoms with Crippen molar-refractivity contribution in [1.29, 1.82) is 0 Å². The van der Waals surface area contributed by atoms with Crippen molar-refractivity contribution in [2.45, 2.75) is 38.0 Å². The van der Waals surface area contributed by atoms with Crippen LogP contribution in [0.2, 0.25) is 0 Å². The zero-order chi connectivity index (χ0) is 9.52. The predicted octanol–water partition coefficient (Wildman–Crippen LogP) is 0.880. The van der Waals surface area contributed by atoms with Crippen molar-refractivity contribution < 1.29 is 9.47 Å². The quantitative estimate of drug-likeness (QED) is 0.508. The summed E-state index contributed by atoms with van der Waals surface area (Å²) >= 11 is 0. The minimum Gasteiger partial charge on any atom is -0.350 e. The molecule has 74 valence electrons. The second-order valence-corrected chi connectivity index (χ2v) is 3.26. The molecule has 1 rings (SSSR count). The summed E-state index contributed by atoms with van der Waals surface area (Å²) in [7, 11) is 0. The molecule has 3 heteroatoms. The molecule has 0 aromatic rings. The molecule has 1 aliphatic heterocycles. The van der Waals surface area contributed by atoms with Crippen molar-refractivity contribution >= 4 is 0 Å². The van der Waals surface area contributed by atoms with E-state index in [2.05, 4.69) is 5.92 Å². The van der Waals surface area contributed by atoms with E-state index in [1.54, 1.807) is 0 Å². The second kappa shape index (κ2) is 5.98. The minimum absolute atomic E-state index is 0.0826. The molecule has 3 nitrogen and oxygen atoms in total. The van der Waals surface area contributed by atoms with Crippen LogP contribution in [0.5, 0.6) is 0 Å². The zero-order valence-corrected chi connectivity index (χ0v) is 7.87. The smallest absolute Gasteiger partial charge is 0.159 e. The van der Waals surface area contributed by atoms with Crippen LogP contribution in [0.3, 0.4) is 0 Å². The summed E-state index contributed by atoms with van der Waals surface area (Å²) in [6.07, 6.45) is 8.59. The van der Waals surface area contributed by atoms with Crippen molar-refractivity contribution in [1.82, 2.24) is 0 Å². The van der Waals surface area contributed by atoms with Crippen molar-refractivity contribution in [2.24, 2.45) is 5.73 Å². The summed E-state index contributed by atoms with van der Waals surface area (Å²) in [5.74, 6) is 2.60. The van der Waals surface area contributed by atoms with Crippen LogP contribution in [-0.4, -0.2) is 25.5 Å². The van der Waals surface area contributed by atoms with Crippen LogP contribution in [-0.2, 0) is 9.47 Å². The van der Waals surface area contributed by atoms with Gasteiger partial charge in [-0.15, -0.1) is 12.3 Å². The largest absolute Gasteiger partial charge is 0.350 e. The van der Waals surface area contributed by atoms with Crippen molar-refractivity contribution in [2.75, 3.05) is 13.2 Å². The standard InChI is InChI=1S/C10H17NO2/c1-2-3-4-5-9(11)8-10-12-6-7-13-10/h1,9-10H,3-8,11H2. The van der Waals surface area contributed by atoms with Gasteiger partial charge in [0.2, 0.25) is 0 Å². The lowest BCUT2D eigenvalue weighted by Gasteiger charge is -2.14. The first-order chi connectivity index (χ1) is 6.33. The van der Waals surface area contributed by atoms with E-state index in [1.807, 2.05) is 0 Å². The van der Waals surface area contributed by atoms with Gasteiger partial charge in [-0.3, -0.25) is 0 Å². The fraction of sp³-hybridized carbons (Fsp3) is 0.800. The Morgan fingerprint density at radius 1 is 1.46 bits per heavy atom. The zero-order valence-electron chi connectivity index (χ0n) is 7.87. The van der Waals surface area contributed by atoms with E-state index in [0.717, 1.165) is 25.7 Å². The molecule has 0 saturated carbocycles. The third kappa shape index (κ3) is 4.28. The summed E-state index contributed by atoms with van der Waals surface area (Å²) in [5.41, 5.74) is 5.87. The minimum atomic E-state index is -0.0826. The van der Waals surface area contributed by atoms with E-state index in [0.29, 0.717) is 13.2 Å². The summed E-state index contributed by atoms with van der Waals surface area (Å²) in [4.78, 5) is 0. The normalized spacial score (nSPS) is 20.0. The first-order valence-corrected chi connectivity index (χ1v) is 4.75. The van der Waals surface area contributed by atoms with Crippen LogP contribution in [0.15, 0.2) is 0 Å². The van der Waals surface area contributed by atoms with Gasteiger partial charge in [0.05, 0.1) is 13.2 Å². The average molecular weight is 183 g/mol. The van der Waals surface area contributed by atoms with Crippen LogP contribution in [0.4, 0.5) is 0 Å². The molecular weight excluding hydrogens is 166 g/mol. The summed E-state index contributed by atoms with van der Waals surface area (Å²) in [6.45, 7) is 1.39. The third-order valence-electron chi connectivity index (χ3n) is 2.08. The lowest BCUT2D eigenvalue weighted by molar-refractivity contribution is -0.0509. The number of ether oxygens (including phenoxy) is 2. The topological polar surface area (TPSA) is 44.5 Å². The van der Waals surface area contributed by atoms with Gasteiger partial charge in [0.1, 0.15) is 0 Å². The Labute approximate surface area is 79.6 Å². The van der Waals surface area contributed by atoms with Crippen molar-refractivity contribution in [3.8, 4) is 12.3 Å². The number of rotatable bonds is 5. The molecule has 0 aromatic carbocycles. The van der Waals surface area contributed by atoms with E-state index >= 15 is 0 Å². The first-order valence-electron chi connectivity index (χ1n) is 4.75. The number of terminal acetylenes is 1. The summed E-state index contributed by atoms with van der Waals surface area (Å²) in [6, 6.07) is 0.149. The first kappa shape index (κ1) is 10.5. The third-order valence-corrected chi connectivity index (χ3v) is 2.08. The molecule has 1 unspecified atom stereocenters. The Morgan fingerprint density at radius 3 is 2.77 bits per heavy atom. The maximum Gasteiger partial charge on any atom is 0.159 e. The molecule has 1 saturated heterocycles. The lowest BCUT2D eigenvalue weighted by atomic mass is 10.1. The van der Waals surface area contributed by atoms with Gasteiger partial charge in [-0.1, -0.05) is 0 Å². The summed E-state index contributed by atoms with van der Waals surface area (Å²) in [5, 5.41) is 0. The van der Waals surface area contributed by atoms with Gasteiger partial charge in [-0.05, 0) is 12.8 Å². The Kier molecular flexibility index (Phi) is 4.84. The molecule has 1 heterocycles. The van der Waals surface area contributed by atoms with Crippen LogP contribution in [0, 0.1) is 12.3 Å². The maximum atomic E-state index is 5.87. The Hall–Kier alpha value is -0.560. The molecule has 2 N–H and O–H groups in total. The SMILES string of the molecule is C#CCCCC(N)CC1OCCO1. The fourth-order valence-corrected chi connectivity index (χ4v) is 1.37. The Morgan fingerprint density at radius 2 is 2.15 bits per heavy atom. The molecule has 1 atom stereocenters. The fourth-order valence-electron chi connectivity index (χ4n) is 1.37. The second-order valence-electron chi connectivity index (χ2n) is 3.26. The lowest BCUT2D eigenvalue weighted by Crippen LogP contribution is -2.26. The van der Waals surface area contributed by atoms with Gasteiger partial charge in [0.25, 0.3) is 0 Å². The molecule has 0 bridgehead atoms. The molecule has 0 aliphatic carbocycles. The van der Waals surface area contributed by atoms with Gasteiger partial charge in [0, 0.05) is 18.9 Å². The van der Waals surface area contributed by atoms with Gasteiger partial charge in [0.15, 0.2) is 6.29 Å². The molecule has 13 heavy (non-hydrogen) atoms. The van der Waals surface area contributed by atoms with E-state index in [4.69, 9.17) is 21.6 Å². The van der Waals surface area contributed by atoms with Crippen molar-refractivity contribution in [3.05, 3.63) is 0 Å². The average Bonchev–Trinajstić information content (AvgIpc) is 2.57. The highest BCUT2D eigenvalue weighted by Gasteiger charge is 2.18. The van der Waals surface area contributed by atoms with Crippen LogP contribution in [0.25, 0.3) is 0 Å². The van der Waals surface area contributed by atoms with E-state index in [1.165, 1.54) is 0 Å².